The molecule has 0 spiro atoms. The van der Waals surface area contributed by atoms with Crippen LogP contribution >= 0.6 is 0 Å². The first-order valence-corrected chi connectivity index (χ1v) is 6.93. The molecule has 2 nitrogen and oxygen atoms in total. The normalized spacial score (nSPS) is 13.9. The molecule has 0 saturated heterocycles. The average molecular weight is 271 g/mol. The summed E-state index contributed by atoms with van der Waals surface area (Å²) in [5, 5.41) is 3.35. The third-order valence-electron chi connectivity index (χ3n) is 3.77. The van der Waals surface area contributed by atoms with Crippen molar-refractivity contribution < 1.29 is 9.13 Å². The van der Waals surface area contributed by atoms with Gasteiger partial charge < -0.3 is 10.1 Å². The summed E-state index contributed by atoms with van der Waals surface area (Å²) in [6.07, 6.45) is 1.07. The molecule has 0 fully saturated rings. The van der Waals surface area contributed by atoms with E-state index in [0.29, 0.717) is 6.61 Å². The van der Waals surface area contributed by atoms with Gasteiger partial charge in [0.25, 0.3) is 0 Å². The standard InChI is InChI=1S/C17H18FNO/c1-12-2-4-16(18)8-15(12)11-20-17-5-3-13-6-7-19-10-14(13)9-17/h2-5,8-9,19H,6-7,10-11H2,1H3. The zero-order valence-electron chi connectivity index (χ0n) is 11.6. The van der Waals surface area contributed by atoms with Gasteiger partial charge in [0.1, 0.15) is 18.2 Å². The molecule has 1 aliphatic rings. The van der Waals surface area contributed by atoms with E-state index in [9.17, 15) is 4.39 Å². The van der Waals surface area contributed by atoms with E-state index >= 15 is 0 Å². The fourth-order valence-electron chi connectivity index (χ4n) is 2.50. The Labute approximate surface area is 118 Å². The Morgan fingerprint density at radius 1 is 1.15 bits per heavy atom. The van der Waals surface area contributed by atoms with Gasteiger partial charge in [-0.3, -0.25) is 0 Å². The summed E-state index contributed by atoms with van der Waals surface area (Å²) < 4.78 is 19.0. The molecule has 3 rings (SSSR count). The van der Waals surface area contributed by atoms with Gasteiger partial charge in [-0.15, -0.1) is 0 Å². The number of halogens is 1. The van der Waals surface area contributed by atoms with Crippen molar-refractivity contribution in [1.82, 2.24) is 5.32 Å². The van der Waals surface area contributed by atoms with Crippen LogP contribution in [0.25, 0.3) is 0 Å². The first-order chi connectivity index (χ1) is 9.72. The van der Waals surface area contributed by atoms with Crippen molar-refractivity contribution in [1.29, 1.82) is 0 Å². The highest BCUT2D eigenvalue weighted by molar-refractivity contribution is 5.37. The molecule has 1 aliphatic heterocycles. The molecule has 3 heteroatoms. The van der Waals surface area contributed by atoms with Gasteiger partial charge in [0.2, 0.25) is 0 Å². The molecule has 20 heavy (non-hydrogen) atoms. The number of ether oxygens (including phenoxy) is 1. The Balaban J connectivity index is 1.73. The molecule has 2 aromatic rings. The number of nitrogens with one attached hydrogen (secondary N) is 1. The van der Waals surface area contributed by atoms with Crippen LogP contribution in [0, 0.1) is 12.7 Å². The van der Waals surface area contributed by atoms with Gasteiger partial charge in [-0.05, 0) is 66.4 Å². The van der Waals surface area contributed by atoms with E-state index in [-0.39, 0.29) is 5.82 Å². The van der Waals surface area contributed by atoms with Crippen molar-refractivity contribution in [2.75, 3.05) is 6.54 Å². The molecular formula is C17H18FNO. The van der Waals surface area contributed by atoms with Crippen LogP contribution in [0.4, 0.5) is 4.39 Å². The Morgan fingerprint density at radius 2 is 2.05 bits per heavy atom. The van der Waals surface area contributed by atoms with Crippen LogP contribution < -0.4 is 10.1 Å². The van der Waals surface area contributed by atoms with E-state index in [0.717, 1.165) is 36.4 Å². The molecule has 1 heterocycles. The lowest BCUT2D eigenvalue weighted by atomic mass is 10.0. The fourth-order valence-corrected chi connectivity index (χ4v) is 2.50. The van der Waals surface area contributed by atoms with Crippen LogP contribution in [0.3, 0.4) is 0 Å². The minimum Gasteiger partial charge on any atom is -0.489 e. The minimum absolute atomic E-state index is 0.219. The maximum Gasteiger partial charge on any atom is 0.123 e. The lowest BCUT2D eigenvalue weighted by Crippen LogP contribution is -2.23. The van der Waals surface area contributed by atoms with Crippen molar-refractivity contribution in [3.63, 3.8) is 0 Å². The van der Waals surface area contributed by atoms with E-state index in [1.54, 1.807) is 6.07 Å². The van der Waals surface area contributed by atoms with Gasteiger partial charge in [0.05, 0.1) is 0 Å². The van der Waals surface area contributed by atoms with Gasteiger partial charge in [-0.1, -0.05) is 12.1 Å². The van der Waals surface area contributed by atoms with Crippen molar-refractivity contribution in [2.24, 2.45) is 0 Å². The molecule has 0 aliphatic carbocycles. The van der Waals surface area contributed by atoms with E-state index in [2.05, 4.69) is 17.4 Å². The molecule has 0 saturated carbocycles. The minimum atomic E-state index is -0.219. The highest BCUT2D eigenvalue weighted by Crippen LogP contribution is 2.22. The van der Waals surface area contributed by atoms with Crippen LogP contribution in [-0.2, 0) is 19.6 Å². The van der Waals surface area contributed by atoms with Gasteiger partial charge in [-0.25, -0.2) is 4.39 Å². The van der Waals surface area contributed by atoms with Crippen LogP contribution in [0.5, 0.6) is 5.75 Å². The topological polar surface area (TPSA) is 21.3 Å². The van der Waals surface area contributed by atoms with Gasteiger partial charge in [0, 0.05) is 6.54 Å². The molecule has 0 amide bonds. The average Bonchev–Trinajstić information content (AvgIpc) is 2.48. The van der Waals surface area contributed by atoms with Crippen molar-refractivity contribution in [3.05, 3.63) is 64.5 Å². The Morgan fingerprint density at radius 3 is 2.95 bits per heavy atom. The van der Waals surface area contributed by atoms with Gasteiger partial charge >= 0.3 is 0 Å². The highest BCUT2D eigenvalue weighted by Gasteiger charge is 2.09. The zero-order valence-corrected chi connectivity index (χ0v) is 11.6. The van der Waals surface area contributed by atoms with Crippen molar-refractivity contribution in [2.45, 2.75) is 26.5 Å². The number of hydrogen-bond donors (Lipinski definition) is 1. The van der Waals surface area contributed by atoms with E-state index in [4.69, 9.17) is 4.74 Å². The Hall–Kier alpha value is -1.87. The summed E-state index contributed by atoms with van der Waals surface area (Å²) in [5.74, 6) is 0.625. The van der Waals surface area contributed by atoms with E-state index in [1.807, 2.05) is 13.0 Å². The number of aryl methyl sites for hydroxylation is 1. The van der Waals surface area contributed by atoms with Crippen LogP contribution in [0.15, 0.2) is 36.4 Å². The molecule has 0 aromatic heterocycles. The van der Waals surface area contributed by atoms with Crippen LogP contribution in [0.1, 0.15) is 22.3 Å². The smallest absolute Gasteiger partial charge is 0.123 e. The van der Waals surface area contributed by atoms with E-state index in [1.165, 1.54) is 23.3 Å². The Kier molecular flexibility index (Phi) is 3.70. The molecule has 0 unspecified atom stereocenters. The quantitative estimate of drug-likeness (QED) is 0.924. The maximum absolute atomic E-state index is 13.2. The molecule has 0 atom stereocenters. The second-order valence-electron chi connectivity index (χ2n) is 5.22. The third kappa shape index (κ3) is 2.83. The van der Waals surface area contributed by atoms with Crippen LogP contribution in [-0.4, -0.2) is 6.54 Å². The largest absolute Gasteiger partial charge is 0.489 e. The fraction of sp³-hybridized carbons (Fsp3) is 0.294. The first-order valence-electron chi connectivity index (χ1n) is 6.93. The van der Waals surface area contributed by atoms with Crippen molar-refractivity contribution in [3.8, 4) is 5.75 Å². The molecule has 0 bridgehead atoms. The summed E-state index contributed by atoms with van der Waals surface area (Å²) in [6, 6.07) is 11.0. The number of fused-ring (bicyclic) bond motifs is 1. The number of rotatable bonds is 3. The van der Waals surface area contributed by atoms with Crippen LogP contribution in [0.2, 0.25) is 0 Å². The number of benzene rings is 2. The second-order valence-corrected chi connectivity index (χ2v) is 5.22. The monoisotopic (exact) mass is 271 g/mol. The lowest BCUT2D eigenvalue weighted by molar-refractivity contribution is 0.304. The predicted molar refractivity (Wildman–Crippen MR) is 77.3 cm³/mol. The molecule has 104 valence electrons. The summed E-state index contributed by atoms with van der Waals surface area (Å²) in [4.78, 5) is 0. The van der Waals surface area contributed by atoms with Crippen molar-refractivity contribution >= 4 is 0 Å². The first kappa shape index (κ1) is 13.1. The molecular weight excluding hydrogens is 253 g/mol. The van der Waals surface area contributed by atoms with Gasteiger partial charge in [-0.2, -0.15) is 0 Å². The number of hydrogen-bond acceptors (Lipinski definition) is 2. The third-order valence-corrected chi connectivity index (χ3v) is 3.77. The predicted octanol–water partition coefficient (Wildman–Crippen LogP) is 3.36. The zero-order chi connectivity index (χ0) is 13.9. The molecule has 1 N–H and O–H groups in total. The Bertz CT molecular complexity index is 624. The van der Waals surface area contributed by atoms with Gasteiger partial charge in [0.15, 0.2) is 0 Å². The molecule has 2 aromatic carbocycles. The van der Waals surface area contributed by atoms with E-state index < -0.39 is 0 Å². The lowest BCUT2D eigenvalue weighted by Gasteiger charge is -2.18. The maximum atomic E-state index is 13.2. The summed E-state index contributed by atoms with van der Waals surface area (Å²) in [6.45, 7) is 4.30. The summed E-state index contributed by atoms with van der Waals surface area (Å²) in [7, 11) is 0. The summed E-state index contributed by atoms with van der Waals surface area (Å²) >= 11 is 0. The second kappa shape index (κ2) is 5.63. The molecule has 0 radical (unpaired) electrons. The summed E-state index contributed by atoms with van der Waals surface area (Å²) in [5.41, 5.74) is 4.62. The SMILES string of the molecule is Cc1ccc(F)cc1COc1ccc2c(c1)CNCC2. The highest BCUT2D eigenvalue weighted by atomic mass is 19.1.